The third kappa shape index (κ3) is 3.68. The van der Waals surface area contributed by atoms with Crippen LogP contribution in [0.1, 0.15) is 13.8 Å². The Labute approximate surface area is 118 Å². The van der Waals surface area contributed by atoms with E-state index in [4.69, 9.17) is 4.74 Å². The molecule has 0 aliphatic carbocycles. The second-order valence-electron chi connectivity index (χ2n) is 5.12. The Balaban J connectivity index is 2.05. The fraction of sp³-hybridized carbons (Fsp3) is 0.375. The highest BCUT2D eigenvalue weighted by atomic mass is 19.1. The number of hydrogen-bond donors (Lipinski definition) is 2. The van der Waals surface area contributed by atoms with Gasteiger partial charge in [0.15, 0.2) is 0 Å². The second kappa shape index (κ2) is 6.68. The fourth-order valence-electron chi connectivity index (χ4n) is 1.98. The predicted octanol–water partition coefficient (Wildman–Crippen LogP) is 2.72. The molecule has 1 atom stereocenters. The lowest BCUT2D eigenvalue weighted by molar-refractivity contribution is 0.105. The number of nitrogens with one attached hydrogen (secondary N) is 1. The molecule has 0 heterocycles. The van der Waals surface area contributed by atoms with Crippen molar-refractivity contribution in [1.82, 2.24) is 5.32 Å². The van der Waals surface area contributed by atoms with Gasteiger partial charge in [0.1, 0.15) is 24.3 Å². The third-order valence-electron chi connectivity index (χ3n) is 3.02. The molecule has 0 radical (unpaired) electrons. The molecule has 2 aromatic carbocycles. The van der Waals surface area contributed by atoms with Crippen molar-refractivity contribution in [1.29, 1.82) is 0 Å². The molecule has 0 saturated heterocycles. The van der Waals surface area contributed by atoms with Crippen LogP contribution in [0, 0.1) is 5.82 Å². The van der Waals surface area contributed by atoms with Gasteiger partial charge in [0.2, 0.25) is 0 Å². The largest absolute Gasteiger partial charge is 0.490 e. The maximum Gasteiger partial charge on any atom is 0.131 e. The molecule has 0 amide bonds. The molecule has 0 bridgehead atoms. The number of aliphatic hydroxyl groups excluding tert-OH is 1. The summed E-state index contributed by atoms with van der Waals surface area (Å²) in [5, 5.41) is 14.2. The Hall–Kier alpha value is -1.65. The van der Waals surface area contributed by atoms with Gasteiger partial charge in [-0.15, -0.1) is 0 Å². The van der Waals surface area contributed by atoms with Crippen molar-refractivity contribution in [3.63, 3.8) is 0 Å². The molecule has 0 unspecified atom stereocenters. The van der Waals surface area contributed by atoms with Crippen LogP contribution in [-0.2, 0) is 0 Å². The van der Waals surface area contributed by atoms with Gasteiger partial charge >= 0.3 is 0 Å². The SMILES string of the molecule is CC(C)NC[C@@H](O)COc1ccc(F)c2ccccc12. The molecule has 0 aliphatic rings. The first-order chi connectivity index (χ1) is 9.58. The standard InChI is InChI=1S/C16H20FNO2/c1-11(2)18-9-12(19)10-20-16-8-7-15(17)13-5-3-4-6-14(13)16/h3-8,11-12,18-19H,9-10H2,1-2H3/t12-/m1/s1. The minimum Gasteiger partial charge on any atom is -0.490 e. The zero-order valence-electron chi connectivity index (χ0n) is 11.8. The normalized spacial score (nSPS) is 12.8. The van der Waals surface area contributed by atoms with Crippen LogP contribution in [0.3, 0.4) is 0 Å². The smallest absolute Gasteiger partial charge is 0.131 e. The molecule has 0 spiro atoms. The number of ether oxygens (including phenoxy) is 1. The molecule has 0 fully saturated rings. The van der Waals surface area contributed by atoms with Crippen LogP contribution in [-0.4, -0.2) is 30.4 Å². The summed E-state index contributed by atoms with van der Waals surface area (Å²) in [6, 6.07) is 10.5. The predicted molar refractivity (Wildman–Crippen MR) is 78.5 cm³/mol. The zero-order chi connectivity index (χ0) is 14.5. The van der Waals surface area contributed by atoms with E-state index < -0.39 is 6.10 Å². The minimum atomic E-state index is -0.596. The molecule has 0 aromatic heterocycles. The van der Waals surface area contributed by atoms with Gasteiger partial charge in [0, 0.05) is 23.4 Å². The molecule has 0 aliphatic heterocycles. The summed E-state index contributed by atoms with van der Waals surface area (Å²) in [5.74, 6) is 0.320. The first-order valence-electron chi connectivity index (χ1n) is 6.79. The molecule has 2 aromatic rings. The number of rotatable bonds is 6. The number of hydrogen-bond acceptors (Lipinski definition) is 3. The van der Waals surface area contributed by atoms with Crippen molar-refractivity contribution in [3.05, 3.63) is 42.2 Å². The molecule has 20 heavy (non-hydrogen) atoms. The van der Waals surface area contributed by atoms with Crippen molar-refractivity contribution in [2.75, 3.05) is 13.2 Å². The van der Waals surface area contributed by atoms with E-state index in [1.165, 1.54) is 6.07 Å². The summed E-state index contributed by atoms with van der Waals surface area (Å²) >= 11 is 0. The van der Waals surface area contributed by atoms with E-state index in [-0.39, 0.29) is 12.4 Å². The van der Waals surface area contributed by atoms with Crippen LogP contribution < -0.4 is 10.1 Å². The van der Waals surface area contributed by atoms with Gasteiger partial charge in [0.05, 0.1) is 0 Å². The lowest BCUT2D eigenvalue weighted by atomic mass is 10.1. The van der Waals surface area contributed by atoms with Crippen LogP contribution in [0.5, 0.6) is 5.75 Å². The molecule has 3 nitrogen and oxygen atoms in total. The van der Waals surface area contributed by atoms with Gasteiger partial charge in [-0.1, -0.05) is 38.1 Å². The van der Waals surface area contributed by atoms with E-state index in [0.717, 1.165) is 5.39 Å². The van der Waals surface area contributed by atoms with Gasteiger partial charge < -0.3 is 15.2 Å². The fourth-order valence-corrected chi connectivity index (χ4v) is 1.98. The zero-order valence-corrected chi connectivity index (χ0v) is 11.8. The van der Waals surface area contributed by atoms with Crippen molar-refractivity contribution in [3.8, 4) is 5.75 Å². The van der Waals surface area contributed by atoms with Crippen molar-refractivity contribution in [2.24, 2.45) is 0 Å². The molecular formula is C16H20FNO2. The number of fused-ring (bicyclic) bond motifs is 1. The first-order valence-corrected chi connectivity index (χ1v) is 6.79. The maximum atomic E-state index is 13.7. The van der Waals surface area contributed by atoms with Crippen LogP contribution in [0.25, 0.3) is 10.8 Å². The monoisotopic (exact) mass is 277 g/mol. The van der Waals surface area contributed by atoms with E-state index in [0.29, 0.717) is 23.7 Å². The topological polar surface area (TPSA) is 41.5 Å². The summed E-state index contributed by atoms with van der Waals surface area (Å²) in [6.07, 6.45) is -0.596. The number of halogens is 1. The van der Waals surface area contributed by atoms with Crippen molar-refractivity contribution in [2.45, 2.75) is 26.0 Å². The maximum absolute atomic E-state index is 13.7. The Morgan fingerprint density at radius 2 is 1.85 bits per heavy atom. The van der Waals surface area contributed by atoms with E-state index >= 15 is 0 Å². The van der Waals surface area contributed by atoms with Crippen LogP contribution >= 0.6 is 0 Å². The van der Waals surface area contributed by atoms with Gasteiger partial charge in [-0.2, -0.15) is 0 Å². The number of aliphatic hydroxyl groups is 1. The molecule has 108 valence electrons. The van der Waals surface area contributed by atoms with Crippen LogP contribution in [0.15, 0.2) is 36.4 Å². The average molecular weight is 277 g/mol. The average Bonchev–Trinajstić information content (AvgIpc) is 2.45. The minimum absolute atomic E-state index is 0.176. The van der Waals surface area contributed by atoms with E-state index in [9.17, 15) is 9.50 Å². The van der Waals surface area contributed by atoms with Gasteiger partial charge in [-0.3, -0.25) is 0 Å². The van der Waals surface area contributed by atoms with Crippen LogP contribution in [0.2, 0.25) is 0 Å². The Kier molecular flexibility index (Phi) is 4.93. The summed E-state index contributed by atoms with van der Waals surface area (Å²) in [7, 11) is 0. The Morgan fingerprint density at radius 1 is 1.15 bits per heavy atom. The molecule has 2 rings (SSSR count). The lowest BCUT2D eigenvalue weighted by Crippen LogP contribution is -2.35. The molecule has 2 N–H and O–H groups in total. The summed E-state index contributed by atoms with van der Waals surface area (Å²) < 4.78 is 19.3. The number of benzene rings is 2. The third-order valence-corrected chi connectivity index (χ3v) is 3.02. The Bertz CT molecular complexity index is 571. The summed E-state index contributed by atoms with van der Waals surface area (Å²) in [4.78, 5) is 0. The van der Waals surface area contributed by atoms with E-state index in [1.807, 2.05) is 26.0 Å². The lowest BCUT2D eigenvalue weighted by Gasteiger charge is -2.16. The highest BCUT2D eigenvalue weighted by Crippen LogP contribution is 2.27. The molecule has 0 saturated carbocycles. The highest BCUT2D eigenvalue weighted by Gasteiger charge is 2.09. The summed E-state index contributed by atoms with van der Waals surface area (Å²) in [5.41, 5.74) is 0. The molecule has 4 heteroatoms. The molecular weight excluding hydrogens is 257 g/mol. The van der Waals surface area contributed by atoms with Crippen LogP contribution in [0.4, 0.5) is 4.39 Å². The summed E-state index contributed by atoms with van der Waals surface area (Å²) in [6.45, 7) is 4.67. The first kappa shape index (κ1) is 14.8. The Morgan fingerprint density at radius 3 is 2.55 bits per heavy atom. The van der Waals surface area contributed by atoms with Crippen molar-refractivity contribution < 1.29 is 14.2 Å². The van der Waals surface area contributed by atoms with E-state index in [1.54, 1.807) is 18.2 Å². The quantitative estimate of drug-likeness (QED) is 0.853. The van der Waals surface area contributed by atoms with Gasteiger partial charge in [-0.05, 0) is 12.1 Å². The van der Waals surface area contributed by atoms with Gasteiger partial charge in [-0.25, -0.2) is 4.39 Å². The second-order valence-corrected chi connectivity index (χ2v) is 5.12. The highest BCUT2D eigenvalue weighted by molar-refractivity contribution is 5.88. The van der Waals surface area contributed by atoms with Crippen molar-refractivity contribution >= 4 is 10.8 Å². The van der Waals surface area contributed by atoms with Gasteiger partial charge in [0.25, 0.3) is 0 Å². The van der Waals surface area contributed by atoms with E-state index in [2.05, 4.69) is 5.32 Å².